The van der Waals surface area contributed by atoms with Gasteiger partial charge in [0.15, 0.2) is 0 Å². The molecule has 0 aliphatic heterocycles. The molecule has 23 heavy (non-hydrogen) atoms. The second kappa shape index (κ2) is 5.89. The van der Waals surface area contributed by atoms with E-state index in [1.165, 1.54) is 5.56 Å². The van der Waals surface area contributed by atoms with Crippen molar-refractivity contribution >= 4 is 37.6 Å². The summed E-state index contributed by atoms with van der Waals surface area (Å²) in [6.45, 7) is 0.887. The normalized spacial score (nSPS) is 11.2. The van der Waals surface area contributed by atoms with Crippen molar-refractivity contribution in [3.8, 4) is 0 Å². The zero-order valence-corrected chi connectivity index (χ0v) is 13.5. The maximum atomic E-state index is 4.50. The number of thiophene rings is 1. The maximum Gasteiger partial charge on any atom is 0.149 e. The van der Waals surface area contributed by atoms with E-state index in [2.05, 4.69) is 37.9 Å². The third-order valence-electron chi connectivity index (χ3n) is 3.86. The molecule has 0 aliphatic rings. The van der Waals surface area contributed by atoms with Gasteiger partial charge >= 0.3 is 0 Å². The molecular weight excluding hydrogens is 306 g/mol. The number of aromatic nitrogens is 4. The molecule has 0 radical (unpaired) electrons. The van der Waals surface area contributed by atoms with E-state index in [1.54, 1.807) is 17.7 Å². The number of anilines is 1. The Hall–Kier alpha value is -2.60. The van der Waals surface area contributed by atoms with Crippen LogP contribution in [0.5, 0.6) is 0 Å². The van der Waals surface area contributed by atoms with Crippen molar-refractivity contribution in [1.29, 1.82) is 0 Å². The van der Waals surface area contributed by atoms with Crippen molar-refractivity contribution in [2.45, 2.75) is 6.42 Å². The van der Waals surface area contributed by atoms with Crippen molar-refractivity contribution in [1.82, 2.24) is 19.9 Å². The van der Waals surface area contributed by atoms with E-state index in [0.717, 1.165) is 39.2 Å². The van der Waals surface area contributed by atoms with E-state index in [1.807, 2.05) is 36.8 Å². The zero-order valence-electron chi connectivity index (χ0n) is 12.7. The van der Waals surface area contributed by atoms with E-state index in [9.17, 15) is 0 Å². The Bertz CT molecular complexity index is 951. The van der Waals surface area contributed by atoms with Gasteiger partial charge in [0, 0.05) is 37.6 Å². The van der Waals surface area contributed by atoms with Gasteiger partial charge in [-0.2, -0.15) is 0 Å². The summed E-state index contributed by atoms with van der Waals surface area (Å²) in [6.07, 6.45) is 8.07. The standard InChI is InChI=1S/C17H15N5S/c1-22(10-6-12-4-8-18-9-5-12)16-15-14(20-11-21-16)13-3-2-7-19-17(13)23-15/h2-5,7-9,11H,6,10H2,1H3. The number of fused-ring (bicyclic) bond motifs is 3. The van der Waals surface area contributed by atoms with E-state index in [4.69, 9.17) is 0 Å². The third-order valence-corrected chi connectivity index (χ3v) is 4.96. The number of nitrogens with zero attached hydrogens (tertiary/aromatic N) is 5. The van der Waals surface area contributed by atoms with Crippen molar-refractivity contribution in [2.75, 3.05) is 18.5 Å². The Balaban J connectivity index is 1.68. The van der Waals surface area contributed by atoms with Gasteiger partial charge in [0.25, 0.3) is 0 Å². The molecule has 0 N–H and O–H groups in total. The van der Waals surface area contributed by atoms with Crippen LogP contribution in [0.15, 0.2) is 49.2 Å². The van der Waals surface area contributed by atoms with E-state index < -0.39 is 0 Å². The predicted molar refractivity (Wildman–Crippen MR) is 93.9 cm³/mol. The van der Waals surface area contributed by atoms with E-state index in [-0.39, 0.29) is 0 Å². The highest BCUT2D eigenvalue weighted by molar-refractivity contribution is 7.25. The molecule has 5 nitrogen and oxygen atoms in total. The van der Waals surface area contributed by atoms with Gasteiger partial charge in [-0.15, -0.1) is 11.3 Å². The molecule has 6 heteroatoms. The van der Waals surface area contributed by atoms with Crippen LogP contribution in [0, 0.1) is 0 Å². The highest BCUT2D eigenvalue weighted by atomic mass is 32.1. The molecule has 0 atom stereocenters. The molecule has 0 fully saturated rings. The lowest BCUT2D eigenvalue weighted by Gasteiger charge is -2.18. The number of pyridine rings is 2. The molecule has 0 unspecified atom stereocenters. The summed E-state index contributed by atoms with van der Waals surface area (Å²) in [5.74, 6) is 0.965. The van der Waals surface area contributed by atoms with Gasteiger partial charge in [0.2, 0.25) is 0 Å². The lowest BCUT2D eigenvalue weighted by Crippen LogP contribution is -2.21. The summed E-state index contributed by atoms with van der Waals surface area (Å²) in [6, 6.07) is 8.11. The highest BCUT2D eigenvalue weighted by Crippen LogP contribution is 2.35. The lowest BCUT2D eigenvalue weighted by molar-refractivity contribution is 0.861. The summed E-state index contributed by atoms with van der Waals surface area (Å²) < 4.78 is 1.10. The average Bonchev–Trinajstić information content (AvgIpc) is 2.99. The fourth-order valence-corrected chi connectivity index (χ4v) is 3.76. The van der Waals surface area contributed by atoms with Crippen LogP contribution in [0.1, 0.15) is 5.56 Å². The first kappa shape index (κ1) is 14.0. The topological polar surface area (TPSA) is 54.8 Å². The van der Waals surface area contributed by atoms with E-state index >= 15 is 0 Å². The van der Waals surface area contributed by atoms with Gasteiger partial charge in [-0.25, -0.2) is 15.0 Å². The molecule has 114 valence electrons. The lowest BCUT2D eigenvalue weighted by atomic mass is 10.2. The molecule has 4 rings (SSSR count). The van der Waals surface area contributed by atoms with Gasteiger partial charge in [-0.3, -0.25) is 4.98 Å². The Morgan fingerprint density at radius 3 is 2.78 bits per heavy atom. The van der Waals surface area contributed by atoms with Crippen LogP contribution in [0.3, 0.4) is 0 Å². The fraction of sp³-hybridized carbons (Fsp3) is 0.176. The monoisotopic (exact) mass is 321 g/mol. The van der Waals surface area contributed by atoms with Gasteiger partial charge in [0.05, 0.1) is 10.2 Å². The quantitative estimate of drug-likeness (QED) is 0.577. The minimum absolute atomic E-state index is 0.887. The Morgan fingerprint density at radius 2 is 1.91 bits per heavy atom. The SMILES string of the molecule is CN(CCc1ccncc1)c1ncnc2c1sc1ncccc12. The fourth-order valence-electron chi connectivity index (χ4n) is 2.62. The first-order valence-electron chi connectivity index (χ1n) is 7.41. The molecule has 0 saturated heterocycles. The maximum absolute atomic E-state index is 4.50. The first-order chi connectivity index (χ1) is 11.3. The molecule has 4 heterocycles. The number of hydrogen-bond acceptors (Lipinski definition) is 6. The van der Waals surface area contributed by atoms with Crippen LogP contribution in [0.4, 0.5) is 5.82 Å². The summed E-state index contributed by atoms with van der Waals surface area (Å²) in [5.41, 5.74) is 2.26. The number of likely N-dealkylation sites (N-methyl/N-ethyl adjacent to an activating group) is 1. The van der Waals surface area contributed by atoms with Crippen LogP contribution in [-0.2, 0) is 6.42 Å². The predicted octanol–water partition coefficient (Wildman–Crippen LogP) is 3.31. The van der Waals surface area contributed by atoms with Gasteiger partial charge in [-0.05, 0) is 36.2 Å². The molecule has 0 amide bonds. The second-order valence-corrected chi connectivity index (χ2v) is 6.36. The summed E-state index contributed by atoms with van der Waals surface area (Å²) in [7, 11) is 2.07. The Morgan fingerprint density at radius 1 is 1.04 bits per heavy atom. The van der Waals surface area contributed by atoms with Crippen LogP contribution in [0.25, 0.3) is 20.4 Å². The average molecular weight is 321 g/mol. The van der Waals surface area contributed by atoms with Crippen LogP contribution >= 0.6 is 11.3 Å². The van der Waals surface area contributed by atoms with Gasteiger partial charge in [0.1, 0.15) is 17.0 Å². The molecule has 4 aromatic heterocycles. The molecule has 4 aromatic rings. The minimum Gasteiger partial charge on any atom is -0.358 e. The zero-order chi connectivity index (χ0) is 15.6. The number of rotatable bonds is 4. The van der Waals surface area contributed by atoms with Crippen molar-refractivity contribution < 1.29 is 0 Å². The van der Waals surface area contributed by atoms with Crippen molar-refractivity contribution in [3.63, 3.8) is 0 Å². The van der Waals surface area contributed by atoms with Crippen LogP contribution in [-0.4, -0.2) is 33.5 Å². The summed E-state index contributed by atoms with van der Waals surface area (Å²) in [5, 5.41) is 1.10. The molecule has 0 saturated carbocycles. The smallest absolute Gasteiger partial charge is 0.149 e. The van der Waals surface area contributed by atoms with Crippen LogP contribution < -0.4 is 4.90 Å². The summed E-state index contributed by atoms with van der Waals surface area (Å²) >= 11 is 1.65. The molecule has 0 spiro atoms. The van der Waals surface area contributed by atoms with E-state index in [0.29, 0.717) is 0 Å². The largest absolute Gasteiger partial charge is 0.358 e. The minimum atomic E-state index is 0.887. The van der Waals surface area contributed by atoms with Crippen molar-refractivity contribution in [2.24, 2.45) is 0 Å². The molecule has 0 aliphatic carbocycles. The third kappa shape index (κ3) is 2.61. The number of hydrogen-bond donors (Lipinski definition) is 0. The highest BCUT2D eigenvalue weighted by Gasteiger charge is 2.14. The first-order valence-corrected chi connectivity index (χ1v) is 8.23. The summed E-state index contributed by atoms with van der Waals surface area (Å²) in [4.78, 5) is 20.6. The Kier molecular flexibility index (Phi) is 3.59. The molecular formula is C17H15N5S. The molecule has 0 bridgehead atoms. The van der Waals surface area contributed by atoms with Crippen molar-refractivity contribution in [3.05, 3.63) is 54.7 Å². The molecule has 0 aromatic carbocycles. The second-order valence-electron chi connectivity index (χ2n) is 5.36. The van der Waals surface area contributed by atoms with Crippen LogP contribution in [0.2, 0.25) is 0 Å². The van der Waals surface area contributed by atoms with Gasteiger partial charge in [-0.1, -0.05) is 0 Å². The Labute approximate surface area is 137 Å². The van der Waals surface area contributed by atoms with Gasteiger partial charge < -0.3 is 4.90 Å².